The van der Waals surface area contributed by atoms with Crippen LogP contribution in [-0.4, -0.2) is 98.9 Å². The van der Waals surface area contributed by atoms with E-state index in [0.29, 0.717) is 0 Å². The summed E-state index contributed by atoms with van der Waals surface area (Å²) in [4.78, 5) is 38.3. The molecule has 0 aliphatic heterocycles. The number of imidazole rings is 1. The molecule has 10 heterocycles. The van der Waals surface area contributed by atoms with Gasteiger partial charge in [0.2, 0.25) is 0 Å². The Labute approximate surface area is 387 Å². The Morgan fingerprint density at radius 3 is 1.27 bits per heavy atom. The van der Waals surface area contributed by atoms with Gasteiger partial charge >= 0.3 is 0 Å². The molecule has 0 radical (unpaired) electrons. The standard InChI is InChI=1S/2C6H7N.4C5H6N2.2C4H6N2.2C3H5N3/c1-6-3-2-4-7-5-6;1-6-4-2-3-5-7-6;1-5-2-6-4-7-3-5;1-5-4-6-2-3-7-5;1-5-6-3-2-4-7-5;1-5-3-2-4-6-7-5;1-6-3-2-5-4-6;1-6-4-2-3-5-6;1-6-2-4-5-3-6;1-6-3-4-2-5-6/h2*2-5H,1H3;4*2-4H,1H3;2*2-4H,1H3;2*2-3H,1H3. The smallest absolute Gasteiger partial charge is 0.137 e. The molecular formula is C46H60N20. The second-order valence-electron chi connectivity index (χ2n) is 13.0. The zero-order chi connectivity index (χ0) is 48.3. The normalized spacial score (nSPS) is 8.76. The van der Waals surface area contributed by atoms with Crippen LogP contribution in [0.3, 0.4) is 0 Å². The summed E-state index contributed by atoms with van der Waals surface area (Å²) in [6, 6.07) is 17.3. The van der Waals surface area contributed by atoms with Crippen molar-refractivity contribution in [2.75, 3.05) is 0 Å². The van der Waals surface area contributed by atoms with Crippen LogP contribution in [0.2, 0.25) is 0 Å². The van der Waals surface area contributed by atoms with E-state index in [-0.39, 0.29) is 0 Å². The molecule has 0 saturated carbocycles. The molecule has 0 N–H and O–H groups in total. The van der Waals surface area contributed by atoms with Crippen LogP contribution in [-0.2, 0) is 28.2 Å². The largest absolute Gasteiger partial charge is 0.341 e. The Bertz CT molecular complexity index is 2010. The molecule has 20 nitrogen and oxygen atoms in total. The third-order valence-corrected chi connectivity index (χ3v) is 6.75. The van der Waals surface area contributed by atoms with Crippen LogP contribution in [0, 0.1) is 41.5 Å². The summed E-state index contributed by atoms with van der Waals surface area (Å²) in [5.41, 5.74) is 5.30. The van der Waals surface area contributed by atoms with Crippen LogP contribution in [0.25, 0.3) is 0 Å². The molecule has 0 saturated heterocycles. The van der Waals surface area contributed by atoms with Gasteiger partial charge in [0.25, 0.3) is 0 Å². The molecule has 10 aromatic heterocycles. The van der Waals surface area contributed by atoms with Crippen LogP contribution in [0.5, 0.6) is 0 Å². The number of pyridine rings is 2. The molecule has 10 rings (SSSR count). The first-order valence-electron chi connectivity index (χ1n) is 20.0. The molecule has 20 heteroatoms. The average molecular weight is 893 g/mol. The van der Waals surface area contributed by atoms with Gasteiger partial charge in [-0.15, -0.1) is 10.2 Å². The molecule has 10 aromatic rings. The van der Waals surface area contributed by atoms with Gasteiger partial charge in [-0.2, -0.15) is 20.4 Å². The predicted octanol–water partition coefficient (Wildman–Crippen LogP) is 6.39. The third-order valence-electron chi connectivity index (χ3n) is 6.75. The Morgan fingerprint density at radius 1 is 0.364 bits per heavy atom. The lowest BCUT2D eigenvalue weighted by atomic mass is 10.3. The van der Waals surface area contributed by atoms with E-state index in [1.807, 2.05) is 141 Å². The Hall–Kier alpha value is -8.68. The number of aryl methyl sites for hydroxylation is 10. The fraction of sp³-hybridized carbons (Fsp3) is 0.217. The number of hydrogen-bond donors (Lipinski definition) is 0. The first-order chi connectivity index (χ1) is 31.9. The van der Waals surface area contributed by atoms with E-state index in [4.69, 9.17) is 0 Å². The maximum atomic E-state index is 3.98. The molecule has 0 atom stereocenters. The summed E-state index contributed by atoms with van der Waals surface area (Å²) >= 11 is 0. The van der Waals surface area contributed by atoms with Crippen LogP contribution < -0.4 is 0 Å². The van der Waals surface area contributed by atoms with Gasteiger partial charge in [0.05, 0.1) is 17.7 Å². The van der Waals surface area contributed by atoms with Crippen LogP contribution in [0.15, 0.2) is 186 Å². The molecule has 0 unspecified atom stereocenters. The maximum Gasteiger partial charge on any atom is 0.137 e. The zero-order valence-electron chi connectivity index (χ0n) is 39.3. The molecule has 344 valence electrons. The number of hydrogen-bond acceptors (Lipinski definition) is 16. The number of rotatable bonds is 0. The molecule has 66 heavy (non-hydrogen) atoms. The van der Waals surface area contributed by atoms with E-state index < -0.39 is 0 Å². The highest BCUT2D eigenvalue weighted by molar-refractivity contribution is 5.04. The predicted molar refractivity (Wildman–Crippen MR) is 253 cm³/mol. The Balaban J connectivity index is 0.000000367. The highest BCUT2D eigenvalue weighted by Gasteiger charge is 1.78. The van der Waals surface area contributed by atoms with Gasteiger partial charge < -0.3 is 9.13 Å². The summed E-state index contributed by atoms with van der Waals surface area (Å²) < 4.78 is 7.06. The van der Waals surface area contributed by atoms with Gasteiger partial charge in [0.1, 0.15) is 37.5 Å². The van der Waals surface area contributed by atoms with Crippen molar-refractivity contribution >= 4 is 0 Å². The number of aromatic nitrogens is 20. The topological polar surface area (TPSA) is 226 Å². The van der Waals surface area contributed by atoms with Crippen LogP contribution in [0.4, 0.5) is 0 Å². The highest BCUT2D eigenvalue weighted by Crippen LogP contribution is 1.89. The molecule has 0 spiro atoms. The summed E-state index contributed by atoms with van der Waals surface area (Å²) in [7, 11) is 7.53. The van der Waals surface area contributed by atoms with Crippen molar-refractivity contribution in [1.82, 2.24) is 98.9 Å². The van der Waals surface area contributed by atoms with Gasteiger partial charge in [-0.3, -0.25) is 29.3 Å². The third kappa shape index (κ3) is 36.0. The minimum absolute atomic E-state index is 0.822. The SMILES string of the molecule is Cc1ccccn1.Cc1cccnc1.Cc1cccnn1.Cc1cnccn1.Cc1cncnc1.Cc1ncccn1.Cn1cccn1.Cn1ccnc1.Cn1cncn1.Cn1cnnc1. The van der Waals surface area contributed by atoms with Crippen molar-refractivity contribution in [1.29, 1.82) is 0 Å². The molecule has 0 aliphatic carbocycles. The highest BCUT2D eigenvalue weighted by atomic mass is 15.3. The lowest BCUT2D eigenvalue weighted by Crippen LogP contribution is -1.83. The molecular weight excluding hydrogens is 833 g/mol. The van der Waals surface area contributed by atoms with E-state index in [2.05, 4.69) is 80.4 Å². The first kappa shape index (κ1) is 55.3. The van der Waals surface area contributed by atoms with E-state index in [1.165, 1.54) is 18.2 Å². The van der Waals surface area contributed by atoms with Gasteiger partial charge in [-0.05, 0) is 95.1 Å². The van der Waals surface area contributed by atoms with Gasteiger partial charge in [0, 0.05) is 127 Å². The molecule has 0 bridgehead atoms. The molecule has 0 amide bonds. The van der Waals surface area contributed by atoms with Gasteiger partial charge in [-0.25, -0.2) is 29.9 Å². The van der Waals surface area contributed by atoms with Gasteiger partial charge in [0.15, 0.2) is 0 Å². The summed E-state index contributed by atoms with van der Waals surface area (Å²) in [5.74, 6) is 0.822. The lowest BCUT2D eigenvalue weighted by molar-refractivity contribution is 0.765. The second kappa shape index (κ2) is 38.0. The van der Waals surface area contributed by atoms with E-state index in [9.17, 15) is 0 Å². The van der Waals surface area contributed by atoms with Crippen LogP contribution in [0.1, 0.15) is 34.0 Å². The average Bonchev–Trinajstić information content (AvgIpc) is 4.20. The first-order valence-corrected chi connectivity index (χ1v) is 20.0. The monoisotopic (exact) mass is 893 g/mol. The summed E-state index contributed by atoms with van der Waals surface area (Å²) in [6.45, 7) is 11.6. The maximum absolute atomic E-state index is 3.98. The number of nitrogens with zero attached hydrogens (tertiary/aromatic N) is 20. The summed E-state index contributed by atoms with van der Waals surface area (Å²) in [6.07, 6.45) is 36.1. The fourth-order valence-corrected chi connectivity index (χ4v) is 3.59. The van der Waals surface area contributed by atoms with Crippen LogP contribution >= 0.6 is 0 Å². The van der Waals surface area contributed by atoms with Crippen molar-refractivity contribution in [3.8, 4) is 0 Å². The Kier molecular flexibility index (Phi) is 31.9. The van der Waals surface area contributed by atoms with E-state index in [0.717, 1.165) is 28.5 Å². The van der Waals surface area contributed by atoms with Crippen molar-refractivity contribution in [3.05, 3.63) is 220 Å². The second-order valence-corrected chi connectivity index (χ2v) is 13.0. The van der Waals surface area contributed by atoms with Gasteiger partial charge in [-0.1, -0.05) is 12.1 Å². The zero-order valence-corrected chi connectivity index (χ0v) is 39.3. The van der Waals surface area contributed by atoms with E-state index in [1.54, 1.807) is 120 Å². The lowest BCUT2D eigenvalue weighted by Gasteiger charge is -1.82. The van der Waals surface area contributed by atoms with Crippen molar-refractivity contribution in [2.24, 2.45) is 28.2 Å². The minimum atomic E-state index is 0.822. The molecule has 0 aliphatic rings. The molecule has 0 fully saturated rings. The van der Waals surface area contributed by atoms with Crippen molar-refractivity contribution in [3.63, 3.8) is 0 Å². The van der Waals surface area contributed by atoms with E-state index >= 15 is 0 Å². The molecule has 0 aromatic carbocycles. The minimum Gasteiger partial charge on any atom is -0.341 e. The summed E-state index contributed by atoms with van der Waals surface area (Å²) in [5, 5.41) is 22.0. The van der Waals surface area contributed by atoms with Crippen molar-refractivity contribution in [2.45, 2.75) is 41.5 Å². The fourth-order valence-electron chi connectivity index (χ4n) is 3.59. The Morgan fingerprint density at radius 2 is 1.03 bits per heavy atom. The quantitative estimate of drug-likeness (QED) is 0.161. The van der Waals surface area contributed by atoms with Crippen molar-refractivity contribution < 1.29 is 0 Å².